The molecule has 6 heteroatoms. The molecule has 0 saturated carbocycles. The molecule has 0 aromatic rings. The molecule has 2 fully saturated rings. The van der Waals surface area contributed by atoms with Crippen LogP contribution in [0, 0.1) is 5.92 Å². The van der Waals surface area contributed by atoms with Crippen molar-refractivity contribution in [1.29, 1.82) is 0 Å². The maximum absolute atomic E-state index is 12.3. The molecule has 2 atom stereocenters. The van der Waals surface area contributed by atoms with Crippen molar-refractivity contribution in [2.45, 2.75) is 25.4 Å². The number of hydrogen-bond donors (Lipinski definition) is 1. The lowest BCUT2D eigenvalue weighted by atomic mass is 10.1. The second-order valence-electron chi connectivity index (χ2n) is 5.74. The predicted octanol–water partition coefficient (Wildman–Crippen LogP) is -0.535. The van der Waals surface area contributed by atoms with Crippen molar-refractivity contribution in [3.05, 3.63) is 0 Å². The highest BCUT2D eigenvalue weighted by atomic mass is 16.5. The van der Waals surface area contributed by atoms with Crippen molar-refractivity contribution in [2.24, 2.45) is 5.92 Å². The van der Waals surface area contributed by atoms with E-state index < -0.39 is 5.60 Å². The first-order valence-electron chi connectivity index (χ1n) is 6.71. The Morgan fingerprint density at radius 3 is 2.89 bits per heavy atom. The molecule has 0 radical (unpaired) electrons. The summed E-state index contributed by atoms with van der Waals surface area (Å²) in [5.74, 6) is -0.259. The SMILES string of the molecule is COCCN1CC(C(=O)N2CCC(C)(O)C2)CC1=O. The Hall–Kier alpha value is -1.14. The van der Waals surface area contributed by atoms with E-state index in [1.54, 1.807) is 23.8 Å². The molecule has 19 heavy (non-hydrogen) atoms. The summed E-state index contributed by atoms with van der Waals surface area (Å²) >= 11 is 0. The molecular formula is C13H22N2O4. The minimum absolute atomic E-state index is 0.00829. The normalized spacial score (nSPS) is 31.3. The van der Waals surface area contributed by atoms with Crippen LogP contribution in [0.15, 0.2) is 0 Å². The van der Waals surface area contributed by atoms with Crippen LogP contribution in [-0.4, -0.2) is 72.2 Å². The van der Waals surface area contributed by atoms with Gasteiger partial charge in [-0.2, -0.15) is 0 Å². The van der Waals surface area contributed by atoms with Crippen LogP contribution < -0.4 is 0 Å². The topological polar surface area (TPSA) is 70.1 Å². The van der Waals surface area contributed by atoms with Crippen LogP contribution in [0.2, 0.25) is 0 Å². The van der Waals surface area contributed by atoms with Gasteiger partial charge in [-0.3, -0.25) is 9.59 Å². The number of likely N-dealkylation sites (tertiary alicyclic amines) is 2. The van der Waals surface area contributed by atoms with E-state index in [4.69, 9.17) is 4.74 Å². The molecule has 0 aromatic carbocycles. The van der Waals surface area contributed by atoms with Gasteiger partial charge in [0, 0.05) is 39.7 Å². The van der Waals surface area contributed by atoms with Gasteiger partial charge in [-0.05, 0) is 13.3 Å². The summed E-state index contributed by atoms with van der Waals surface area (Å²) in [4.78, 5) is 27.5. The zero-order chi connectivity index (χ0) is 14.0. The number of carbonyl (C=O) groups is 2. The van der Waals surface area contributed by atoms with Crippen LogP contribution in [0.3, 0.4) is 0 Å². The largest absolute Gasteiger partial charge is 0.388 e. The highest BCUT2D eigenvalue weighted by molar-refractivity contribution is 5.89. The zero-order valence-electron chi connectivity index (χ0n) is 11.6. The Balaban J connectivity index is 1.89. The van der Waals surface area contributed by atoms with Crippen LogP contribution in [0.25, 0.3) is 0 Å². The van der Waals surface area contributed by atoms with Crippen molar-refractivity contribution in [3.8, 4) is 0 Å². The van der Waals surface area contributed by atoms with E-state index in [0.717, 1.165) is 0 Å². The Bertz CT molecular complexity index is 370. The molecule has 2 amide bonds. The minimum atomic E-state index is -0.784. The number of ether oxygens (including phenoxy) is 1. The first-order chi connectivity index (χ1) is 8.93. The maximum Gasteiger partial charge on any atom is 0.228 e. The summed E-state index contributed by atoms with van der Waals surface area (Å²) in [5, 5.41) is 9.89. The molecule has 2 rings (SSSR count). The number of hydrogen-bond acceptors (Lipinski definition) is 4. The van der Waals surface area contributed by atoms with Gasteiger partial charge in [0.2, 0.25) is 11.8 Å². The molecule has 2 aliphatic rings. The van der Waals surface area contributed by atoms with Crippen LogP contribution in [-0.2, 0) is 14.3 Å². The Labute approximate surface area is 113 Å². The molecular weight excluding hydrogens is 248 g/mol. The Kier molecular flexibility index (Phi) is 4.10. The number of aliphatic hydroxyl groups is 1. The molecule has 2 heterocycles. The van der Waals surface area contributed by atoms with Crippen LogP contribution >= 0.6 is 0 Å². The summed E-state index contributed by atoms with van der Waals surface area (Å²) < 4.78 is 4.95. The summed E-state index contributed by atoms with van der Waals surface area (Å²) in [7, 11) is 1.59. The molecule has 0 spiro atoms. The Morgan fingerprint density at radius 1 is 1.58 bits per heavy atom. The molecule has 108 valence electrons. The fourth-order valence-corrected chi connectivity index (χ4v) is 2.75. The maximum atomic E-state index is 12.3. The molecule has 6 nitrogen and oxygen atoms in total. The Morgan fingerprint density at radius 2 is 2.32 bits per heavy atom. The van der Waals surface area contributed by atoms with Gasteiger partial charge in [0.1, 0.15) is 0 Å². The minimum Gasteiger partial charge on any atom is -0.388 e. The van der Waals surface area contributed by atoms with E-state index >= 15 is 0 Å². The van der Waals surface area contributed by atoms with Crippen LogP contribution in [0.4, 0.5) is 0 Å². The molecule has 1 N–H and O–H groups in total. The highest BCUT2D eigenvalue weighted by Gasteiger charge is 2.40. The number of rotatable bonds is 4. The van der Waals surface area contributed by atoms with Crippen molar-refractivity contribution in [2.75, 3.05) is 39.9 Å². The van der Waals surface area contributed by atoms with Gasteiger partial charge in [0.05, 0.1) is 18.1 Å². The van der Waals surface area contributed by atoms with Crippen LogP contribution in [0.1, 0.15) is 19.8 Å². The third-order valence-electron chi connectivity index (χ3n) is 3.89. The average Bonchev–Trinajstić information content (AvgIpc) is 2.89. The smallest absolute Gasteiger partial charge is 0.228 e. The molecule has 0 bridgehead atoms. The van der Waals surface area contributed by atoms with Gasteiger partial charge in [-0.25, -0.2) is 0 Å². The number of methoxy groups -OCH3 is 1. The predicted molar refractivity (Wildman–Crippen MR) is 68.4 cm³/mol. The quantitative estimate of drug-likeness (QED) is 0.745. The van der Waals surface area contributed by atoms with Crippen molar-refractivity contribution in [1.82, 2.24) is 9.80 Å². The molecule has 2 saturated heterocycles. The van der Waals surface area contributed by atoms with Gasteiger partial charge >= 0.3 is 0 Å². The van der Waals surface area contributed by atoms with E-state index in [9.17, 15) is 14.7 Å². The summed E-state index contributed by atoms with van der Waals surface area (Å²) in [6.07, 6.45) is 0.883. The second kappa shape index (κ2) is 5.46. The molecule has 2 aliphatic heterocycles. The van der Waals surface area contributed by atoms with Crippen molar-refractivity contribution >= 4 is 11.8 Å². The van der Waals surface area contributed by atoms with E-state index in [0.29, 0.717) is 39.2 Å². The van der Waals surface area contributed by atoms with Gasteiger partial charge in [0.25, 0.3) is 0 Å². The van der Waals surface area contributed by atoms with E-state index in [1.807, 2.05) is 0 Å². The first-order valence-corrected chi connectivity index (χ1v) is 6.71. The van der Waals surface area contributed by atoms with Crippen LogP contribution in [0.5, 0.6) is 0 Å². The van der Waals surface area contributed by atoms with E-state index in [-0.39, 0.29) is 24.2 Å². The summed E-state index contributed by atoms with van der Waals surface area (Å²) in [6, 6.07) is 0. The van der Waals surface area contributed by atoms with Gasteiger partial charge in [-0.15, -0.1) is 0 Å². The lowest BCUT2D eigenvalue weighted by Crippen LogP contribution is -2.38. The highest BCUT2D eigenvalue weighted by Crippen LogP contribution is 2.25. The molecule has 0 aliphatic carbocycles. The van der Waals surface area contributed by atoms with Crippen molar-refractivity contribution < 1.29 is 19.4 Å². The van der Waals surface area contributed by atoms with Gasteiger partial charge in [-0.1, -0.05) is 0 Å². The van der Waals surface area contributed by atoms with Gasteiger partial charge < -0.3 is 19.6 Å². The zero-order valence-corrected chi connectivity index (χ0v) is 11.6. The lowest BCUT2D eigenvalue weighted by Gasteiger charge is -2.22. The van der Waals surface area contributed by atoms with E-state index in [2.05, 4.69) is 0 Å². The molecule has 0 aromatic heterocycles. The molecule has 2 unspecified atom stereocenters. The first kappa shape index (κ1) is 14.3. The fraction of sp³-hybridized carbons (Fsp3) is 0.846. The number of carbonyl (C=O) groups excluding carboxylic acids is 2. The average molecular weight is 270 g/mol. The standard InChI is InChI=1S/C13H22N2O4/c1-13(18)3-4-15(9-13)12(17)10-7-11(16)14(8-10)5-6-19-2/h10,18H,3-9H2,1-2H3. The third kappa shape index (κ3) is 3.25. The number of amides is 2. The van der Waals surface area contributed by atoms with Crippen molar-refractivity contribution in [3.63, 3.8) is 0 Å². The van der Waals surface area contributed by atoms with Gasteiger partial charge in [0.15, 0.2) is 0 Å². The summed E-state index contributed by atoms with van der Waals surface area (Å²) in [5.41, 5.74) is -0.784. The summed E-state index contributed by atoms with van der Waals surface area (Å²) in [6.45, 7) is 4.19. The third-order valence-corrected chi connectivity index (χ3v) is 3.89. The number of β-amino-alcohol motifs (C(OH)–C–C–N with tert-alkyl or cyclic N) is 1. The number of nitrogens with zero attached hydrogens (tertiary/aromatic N) is 2. The second-order valence-corrected chi connectivity index (χ2v) is 5.74. The monoisotopic (exact) mass is 270 g/mol. The fourth-order valence-electron chi connectivity index (χ4n) is 2.75. The van der Waals surface area contributed by atoms with E-state index in [1.165, 1.54) is 0 Å². The lowest BCUT2D eigenvalue weighted by molar-refractivity contribution is -0.135.